The normalized spacial score (nSPS) is 20.8. The predicted octanol–water partition coefficient (Wildman–Crippen LogP) is 2.86. The summed E-state index contributed by atoms with van der Waals surface area (Å²) in [6.45, 7) is 1.26. The maximum absolute atomic E-state index is 13.5. The van der Waals surface area contributed by atoms with Gasteiger partial charge < -0.3 is 14.8 Å². The molecule has 1 aliphatic carbocycles. The Labute approximate surface area is 137 Å². The molecule has 1 aromatic rings. The number of amides is 1. The minimum atomic E-state index is -0.515. The number of carbonyl (C=O) groups excluding carboxylic acids is 1. The molecule has 1 saturated heterocycles. The molecule has 3 rings (SSSR count). The van der Waals surface area contributed by atoms with E-state index in [2.05, 4.69) is 5.32 Å². The van der Waals surface area contributed by atoms with Crippen LogP contribution in [0.1, 0.15) is 25.7 Å². The summed E-state index contributed by atoms with van der Waals surface area (Å²) in [5.74, 6) is -1.58. The third-order valence-corrected chi connectivity index (χ3v) is 5.21. The largest absolute Gasteiger partial charge is 0.353 e. The summed E-state index contributed by atoms with van der Waals surface area (Å²) in [5.41, 5.74) is 0. The average molecular weight is 343 g/mol. The molecule has 1 N–H and O–H groups in total. The molecule has 4 nitrogen and oxygen atoms in total. The summed E-state index contributed by atoms with van der Waals surface area (Å²) in [7, 11) is 0. The van der Waals surface area contributed by atoms with Gasteiger partial charge in [-0.05, 0) is 31.0 Å². The van der Waals surface area contributed by atoms with E-state index in [1.165, 1.54) is 0 Å². The minimum absolute atomic E-state index is 0.0645. The molecule has 0 atom stereocenters. The molecule has 0 aromatic heterocycles. The van der Waals surface area contributed by atoms with Gasteiger partial charge in [-0.1, -0.05) is 0 Å². The third kappa shape index (κ3) is 4.22. The Morgan fingerprint density at radius 3 is 2.65 bits per heavy atom. The first-order valence-corrected chi connectivity index (χ1v) is 8.70. The zero-order valence-corrected chi connectivity index (χ0v) is 13.5. The fraction of sp³-hybridized carbons (Fsp3) is 0.562. The lowest BCUT2D eigenvalue weighted by molar-refractivity contribution is -0.179. The van der Waals surface area contributed by atoms with Crippen LogP contribution < -0.4 is 5.32 Å². The number of thioether (sulfide) groups is 1. The van der Waals surface area contributed by atoms with Crippen LogP contribution in [-0.4, -0.2) is 36.7 Å². The molecule has 126 valence electrons. The highest BCUT2D eigenvalue weighted by molar-refractivity contribution is 8.00. The van der Waals surface area contributed by atoms with E-state index in [-0.39, 0.29) is 22.6 Å². The standard InChI is InChI=1S/C16H19F2NO3S/c17-11-1-2-13(18)14(9-11)23-10-15(20)19-12-3-5-16(6-4-12)21-7-8-22-16/h1-2,9,12H,3-8,10H2,(H,19,20). The van der Waals surface area contributed by atoms with Crippen molar-refractivity contribution in [2.75, 3.05) is 19.0 Å². The molecule has 2 fully saturated rings. The smallest absolute Gasteiger partial charge is 0.230 e. The van der Waals surface area contributed by atoms with Crippen molar-refractivity contribution < 1.29 is 23.0 Å². The van der Waals surface area contributed by atoms with Gasteiger partial charge in [0.05, 0.1) is 19.0 Å². The van der Waals surface area contributed by atoms with E-state index in [0.717, 1.165) is 55.6 Å². The molecule has 1 amide bonds. The van der Waals surface area contributed by atoms with Gasteiger partial charge in [-0.15, -0.1) is 11.8 Å². The highest BCUT2D eigenvalue weighted by Gasteiger charge is 2.40. The van der Waals surface area contributed by atoms with Gasteiger partial charge in [0.25, 0.3) is 0 Å². The van der Waals surface area contributed by atoms with Crippen molar-refractivity contribution in [2.24, 2.45) is 0 Å². The summed E-state index contributed by atoms with van der Waals surface area (Å²) in [6.07, 6.45) is 3.13. The molecule has 7 heteroatoms. The lowest BCUT2D eigenvalue weighted by Crippen LogP contribution is -2.44. The van der Waals surface area contributed by atoms with Gasteiger partial charge in [-0.3, -0.25) is 4.79 Å². The Morgan fingerprint density at radius 2 is 1.96 bits per heavy atom. The molecule has 0 radical (unpaired) electrons. The van der Waals surface area contributed by atoms with Gasteiger partial charge in [0.1, 0.15) is 11.6 Å². The molecule has 2 aliphatic rings. The Kier molecular flexibility index (Phi) is 5.18. The number of benzene rings is 1. The molecule has 0 unspecified atom stereocenters. The first kappa shape index (κ1) is 16.7. The molecular weight excluding hydrogens is 324 g/mol. The molecule has 23 heavy (non-hydrogen) atoms. The summed E-state index contributed by atoms with van der Waals surface area (Å²) < 4.78 is 37.9. The summed E-state index contributed by atoms with van der Waals surface area (Å²) in [4.78, 5) is 12.1. The molecule has 1 heterocycles. The van der Waals surface area contributed by atoms with Crippen molar-refractivity contribution in [1.82, 2.24) is 5.32 Å². The first-order valence-electron chi connectivity index (χ1n) is 7.71. The maximum Gasteiger partial charge on any atom is 0.230 e. The highest BCUT2D eigenvalue weighted by Crippen LogP contribution is 2.35. The van der Waals surface area contributed by atoms with Crippen molar-refractivity contribution in [3.8, 4) is 0 Å². The number of halogens is 2. The number of ether oxygens (including phenoxy) is 2. The first-order chi connectivity index (χ1) is 11.1. The van der Waals surface area contributed by atoms with Crippen molar-refractivity contribution in [2.45, 2.75) is 42.4 Å². The van der Waals surface area contributed by atoms with E-state index in [9.17, 15) is 13.6 Å². The Hall–Kier alpha value is -1.18. The van der Waals surface area contributed by atoms with Crippen LogP contribution in [-0.2, 0) is 14.3 Å². The van der Waals surface area contributed by atoms with Crippen molar-refractivity contribution >= 4 is 17.7 Å². The number of hydrogen-bond donors (Lipinski definition) is 1. The zero-order chi connectivity index (χ0) is 16.3. The van der Waals surface area contributed by atoms with Gasteiger partial charge in [-0.25, -0.2) is 8.78 Å². The van der Waals surface area contributed by atoms with E-state index < -0.39 is 17.4 Å². The lowest BCUT2D eigenvalue weighted by Gasteiger charge is -2.35. The second-order valence-corrected chi connectivity index (χ2v) is 6.83. The van der Waals surface area contributed by atoms with Crippen molar-refractivity contribution in [3.63, 3.8) is 0 Å². The Morgan fingerprint density at radius 1 is 1.26 bits per heavy atom. The van der Waals surface area contributed by atoms with Crippen LogP contribution >= 0.6 is 11.8 Å². The van der Waals surface area contributed by atoms with Gasteiger partial charge >= 0.3 is 0 Å². The van der Waals surface area contributed by atoms with E-state index in [4.69, 9.17) is 9.47 Å². The fourth-order valence-electron chi connectivity index (χ4n) is 2.99. The monoisotopic (exact) mass is 343 g/mol. The maximum atomic E-state index is 13.5. The summed E-state index contributed by atoms with van der Waals surface area (Å²) in [6, 6.07) is 3.31. The van der Waals surface area contributed by atoms with Crippen molar-refractivity contribution in [3.05, 3.63) is 29.8 Å². The van der Waals surface area contributed by atoms with Crippen LogP contribution in [0.3, 0.4) is 0 Å². The Bertz CT molecular complexity index is 568. The average Bonchev–Trinajstić information content (AvgIpc) is 2.99. The second-order valence-electron chi connectivity index (χ2n) is 5.81. The number of rotatable bonds is 4. The quantitative estimate of drug-likeness (QED) is 0.854. The molecular formula is C16H19F2NO3S. The highest BCUT2D eigenvalue weighted by atomic mass is 32.2. The summed E-state index contributed by atoms with van der Waals surface area (Å²) >= 11 is 1.00. The van der Waals surface area contributed by atoms with Gasteiger partial charge in [0.2, 0.25) is 5.91 Å². The van der Waals surface area contributed by atoms with Crippen LogP contribution in [0.15, 0.2) is 23.1 Å². The van der Waals surface area contributed by atoms with Crippen LogP contribution in [0.2, 0.25) is 0 Å². The minimum Gasteiger partial charge on any atom is -0.353 e. The lowest BCUT2D eigenvalue weighted by atomic mass is 9.90. The van der Waals surface area contributed by atoms with Gasteiger partial charge in [0, 0.05) is 23.8 Å². The van der Waals surface area contributed by atoms with E-state index in [0.29, 0.717) is 13.2 Å². The number of nitrogens with one attached hydrogen (secondary N) is 1. The zero-order valence-electron chi connectivity index (χ0n) is 12.6. The van der Waals surface area contributed by atoms with E-state index in [1.54, 1.807) is 0 Å². The SMILES string of the molecule is O=C(CSc1cc(F)ccc1F)NC1CCC2(CC1)OCCO2. The Balaban J connectivity index is 1.44. The van der Waals surface area contributed by atoms with Crippen LogP contribution in [0.5, 0.6) is 0 Å². The third-order valence-electron chi connectivity index (χ3n) is 4.18. The van der Waals surface area contributed by atoms with Crippen molar-refractivity contribution in [1.29, 1.82) is 0 Å². The topological polar surface area (TPSA) is 47.6 Å². The number of hydrogen-bond acceptors (Lipinski definition) is 4. The number of carbonyl (C=O) groups is 1. The van der Waals surface area contributed by atoms with Gasteiger partial charge in [0.15, 0.2) is 5.79 Å². The fourth-order valence-corrected chi connectivity index (χ4v) is 3.76. The molecule has 1 spiro atoms. The van der Waals surface area contributed by atoms with Crippen LogP contribution in [0.25, 0.3) is 0 Å². The van der Waals surface area contributed by atoms with E-state index in [1.807, 2.05) is 0 Å². The van der Waals surface area contributed by atoms with Crippen LogP contribution in [0, 0.1) is 11.6 Å². The molecule has 0 bridgehead atoms. The van der Waals surface area contributed by atoms with E-state index >= 15 is 0 Å². The predicted molar refractivity (Wildman–Crippen MR) is 82.1 cm³/mol. The molecule has 1 aromatic carbocycles. The second kappa shape index (κ2) is 7.15. The van der Waals surface area contributed by atoms with Crippen LogP contribution in [0.4, 0.5) is 8.78 Å². The van der Waals surface area contributed by atoms with Gasteiger partial charge in [-0.2, -0.15) is 0 Å². The summed E-state index contributed by atoms with van der Waals surface area (Å²) in [5, 5.41) is 2.94. The molecule has 1 saturated carbocycles. The molecule has 1 aliphatic heterocycles.